The van der Waals surface area contributed by atoms with E-state index in [1.54, 1.807) is 13.0 Å². The summed E-state index contributed by atoms with van der Waals surface area (Å²) in [5.74, 6) is -0.653. The number of ether oxygens (including phenoxy) is 1. The lowest BCUT2D eigenvalue weighted by Crippen LogP contribution is -2.28. The van der Waals surface area contributed by atoms with Crippen LogP contribution in [0.15, 0.2) is 40.6 Å². The number of rotatable bonds is 7. The van der Waals surface area contributed by atoms with Gasteiger partial charge in [-0.3, -0.25) is 4.79 Å². The van der Waals surface area contributed by atoms with Gasteiger partial charge in [0.1, 0.15) is 9.96 Å². The van der Waals surface area contributed by atoms with Crippen molar-refractivity contribution in [2.75, 3.05) is 13.1 Å². The van der Waals surface area contributed by atoms with E-state index in [0.717, 1.165) is 24.2 Å². The molecule has 1 unspecified atom stereocenters. The van der Waals surface area contributed by atoms with Crippen molar-refractivity contribution >= 4 is 27.3 Å². The molecule has 11 heteroatoms. The van der Waals surface area contributed by atoms with E-state index < -0.39 is 22.4 Å². The van der Waals surface area contributed by atoms with E-state index in [-0.39, 0.29) is 22.3 Å². The molecule has 1 fully saturated rings. The molecule has 0 saturated carbocycles. The first-order valence-corrected chi connectivity index (χ1v) is 11.5. The van der Waals surface area contributed by atoms with Gasteiger partial charge in [0.05, 0.1) is 12.5 Å². The van der Waals surface area contributed by atoms with Gasteiger partial charge in [0.15, 0.2) is 0 Å². The average molecular weight is 463 g/mol. The van der Waals surface area contributed by atoms with Gasteiger partial charge in [0, 0.05) is 18.0 Å². The van der Waals surface area contributed by atoms with Crippen LogP contribution >= 0.6 is 11.3 Å². The minimum absolute atomic E-state index is 0.0137. The zero-order valence-corrected chi connectivity index (χ0v) is 17.7. The summed E-state index contributed by atoms with van der Waals surface area (Å²) < 4.78 is 67.3. The first-order chi connectivity index (χ1) is 14.0. The van der Waals surface area contributed by atoms with Crippen molar-refractivity contribution < 1.29 is 31.1 Å². The lowest BCUT2D eigenvalue weighted by Gasteiger charge is -2.15. The van der Waals surface area contributed by atoms with Gasteiger partial charge in [-0.1, -0.05) is 12.1 Å². The second-order valence-corrected chi connectivity index (χ2v) is 10.2. The first kappa shape index (κ1) is 22.6. The number of thiophene rings is 1. The number of nitrogens with one attached hydrogen (secondary N) is 1. The maximum atomic E-state index is 12.6. The molecular formula is C19H21F3N2O4S2. The Labute approximate surface area is 176 Å². The van der Waals surface area contributed by atoms with Gasteiger partial charge in [0.2, 0.25) is 5.91 Å². The molecule has 0 spiro atoms. The number of hydrogen-bond acceptors (Lipinski definition) is 5. The Bertz CT molecular complexity index is 982. The van der Waals surface area contributed by atoms with E-state index in [1.807, 2.05) is 0 Å². The van der Waals surface area contributed by atoms with Gasteiger partial charge in [0.25, 0.3) is 10.0 Å². The molecule has 1 aliphatic heterocycles. The molecule has 2 heterocycles. The van der Waals surface area contributed by atoms with Crippen molar-refractivity contribution in [3.63, 3.8) is 0 Å². The number of carbonyl (C=O) groups excluding carboxylic acids is 1. The second-order valence-electron chi connectivity index (χ2n) is 6.91. The van der Waals surface area contributed by atoms with E-state index in [9.17, 15) is 26.4 Å². The third-order valence-corrected chi connectivity index (χ3v) is 8.07. The zero-order valence-electron chi connectivity index (χ0n) is 16.1. The Balaban J connectivity index is 1.57. The summed E-state index contributed by atoms with van der Waals surface area (Å²) in [5, 5.41) is 2.76. The molecule has 1 N–H and O–H groups in total. The molecule has 1 aliphatic rings. The third-order valence-electron chi connectivity index (χ3n) is 4.62. The predicted molar refractivity (Wildman–Crippen MR) is 106 cm³/mol. The maximum Gasteiger partial charge on any atom is 0.573 e. The summed E-state index contributed by atoms with van der Waals surface area (Å²) in [6.07, 6.45) is -3.05. The minimum Gasteiger partial charge on any atom is -0.406 e. The quantitative estimate of drug-likeness (QED) is 0.678. The fourth-order valence-corrected chi connectivity index (χ4v) is 6.17. The van der Waals surface area contributed by atoms with Gasteiger partial charge in [-0.05, 0) is 49.6 Å². The summed E-state index contributed by atoms with van der Waals surface area (Å²) in [6, 6.07) is 7.95. The topological polar surface area (TPSA) is 75.7 Å². The number of hydrogen-bond donors (Lipinski definition) is 1. The van der Waals surface area contributed by atoms with Crippen LogP contribution in [0.4, 0.5) is 13.2 Å². The predicted octanol–water partition coefficient (Wildman–Crippen LogP) is 3.85. The van der Waals surface area contributed by atoms with Crippen LogP contribution in [0.5, 0.6) is 5.75 Å². The van der Waals surface area contributed by atoms with Crippen LogP contribution in [-0.4, -0.2) is 38.1 Å². The Morgan fingerprint density at radius 3 is 2.40 bits per heavy atom. The molecular weight excluding hydrogens is 441 g/mol. The number of amides is 1. The van der Waals surface area contributed by atoms with E-state index >= 15 is 0 Å². The summed E-state index contributed by atoms with van der Waals surface area (Å²) in [6.45, 7) is 2.73. The van der Waals surface area contributed by atoms with E-state index in [0.29, 0.717) is 23.5 Å². The van der Waals surface area contributed by atoms with Crippen molar-refractivity contribution in [2.24, 2.45) is 0 Å². The molecule has 0 bridgehead atoms. The van der Waals surface area contributed by atoms with Crippen LogP contribution in [-0.2, 0) is 21.2 Å². The van der Waals surface area contributed by atoms with Crippen LogP contribution in [0.25, 0.3) is 0 Å². The van der Waals surface area contributed by atoms with Gasteiger partial charge in [-0.15, -0.1) is 24.5 Å². The smallest absolute Gasteiger partial charge is 0.406 e. The van der Waals surface area contributed by atoms with E-state index in [4.69, 9.17) is 0 Å². The van der Waals surface area contributed by atoms with Crippen molar-refractivity contribution in [2.45, 2.75) is 42.8 Å². The minimum atomic E-state index is -4.76. The van der Waals surface area contributed by atoms with Crippen molar-refractivity contribution in [3.05, 3.63) is 46.8 Å². The second kappa shape index (κ2) is 8.94. The SMILES string of the molecule is CC(NC(=O)Cc1ccc(S(=O)(=O)N2CCCC2)s1)c1ccc(OC(F)(F)F)cc1. The molecule has 3 rings (SSSR count). The van der Waals surface area contributed by atoms with Gasteiger partial charge in [-0.25, -0.2) is 8.42 Å². The lowest BCUT2D eigenvalue weighted by molar-refractivity contribution is -0.274. The molecule has 1 amide bonds. The van der Waals surface area contributed by atoms with Crippen LogP contribution in [0, 0.1) is 0 Å². The van der Waals surface area contributed by atoms with Crippen molar-refractivity contribution in [1.82, 2.24) is 9.62 Å². The molecule has 0 aliphatic carbocycles. The van der Waals surface area contributed by atoms with Crippen molar-refractivity contribution in [1.29, 1.82) is 0 Å². The standard InChI is InChI=1S/C19H21F3N2O4S2/c1-13(14-4-6-15(7-5-14)28-19(20,21)22)23-17(25)12-16-8-9-18(29-16)30(26,27)24-10-2-3-11-24/h4-9,13H,2-3,10-12H2,1H3,(H,23,25). The molecule has 1 atom stereocenters. The monoisotopic (exact) mass is 462 g/mol. The van der Waals surface area contributed by atoms with Crippen LogP contribution in [0.2, 0.25) is 0 Å². The number of carbonyl (C=O) groups is 1. The highest BCUT2D eigenvalue weighted by Crippen LogP contribution is 2.28. The fraction of sp³-hybridized carbons (Fsp3) is 0.421. The molecule has 1 aromatic heterocycles. The summed E-state index contributed by atoms with van der Waals surface area (Å²) in [5.41, 5.74) is 0.612. The number of nitrogens with zero attached hydrogens (tertiary/aromatic N) is 1. The van der Waals surface area contributed by atoms with Crippen LogP contribution < -0.4 is 10.1 Å². The number of benzene rings is 1. The first-order valence-electron chi connectivity index (χ1n) is 9.28. The van der Waals surface area contributed by atoms with Crippen LogP contribution in [0.1, 0.15) is 36.2 Å². The van der Waals surface area contributed by atoms with Gasteiger partial charge < -0.3 is 10.1 Å². The molecule has 0 radical (unpaired) electrons. The highest BCUT2D eigenvalue weighted by molar-refractivity contribution is 7.91. The Morgan fingerprint density at radius 1 is 1.17 bits per heavy atom. The summed E-state index contributed by atoms with van der Waals surface area (Å²) >= 11 is 1.07. The third kappa shape index (κ3) is 5.73. The van der Waals surface area contributed by atoms with E-state index in [1.165, 1.54) is 34.6 Å². The molecule has 2 aromatic rings. The fourth-order valence-electron chi connectivity index (χ4n) is 3.14. The largest absolute Gasteiger partial charge is 0.573 e. The highest BCUT2D eigenvalue weighted by atomic mass is 32.2. The summed E-state index contributed by atoms with van der Waals surface area (Å²) in [7, 11) is -3.51. The van der Waals surface area contributed by atoms with Gasteiger partial charge >= 0.3 is 6.36 Å². The molecule has 1 saturated heterocycles. The van der Waals surface area contributed by atoms with Crippen LogP contribution in [0.3, 0.4) is 0 Å². The molecule has 164 valence electrons. The van der Waals surface area contributed by atoms with E-state index in [2.05, 4.69) is 10.1 Å². The Kier molecular flexibility index (Phi) is 6.73. The lowest BCUT2D eigenvalue weighted by atomic mass is 10.1. The molecule has 1 aromatic carbocycles. The highest BCUT2D eigenvalue weighted by Gasteiger charge is 2.31. The maximum absolute atomic E-state index is 12.6. The number of sulfonamides is 1. The average Bonchev–Trinajstić information content (AvgIpc) is 3.33. The Hall–Kier alpha value is -2.11. The molecule has 30 heavy (non-hydrogen) atoms. The molecule has 6 nitrogen and oxygen atoms in total. The van der Waals surface area contributed by atoms with Gasteiger partial charge in [-0.2, -0.15) is 4.31 Å². The Morgan fingerprint density at radius 2 is 1.80 bits per heavy atom. The number of halogens is 3. The normalized spacial score (nSPS) is 16.4. The zero-order chi connectivity index (χ0) is 21.9. The van der Waals surface area contributed by atoms with Crippen molar-refractivity contribution in [3.8, 4) is 5.75 Å². The number of alkyl halides is 3. The summed E-state index contributed by atoms with van der Waals surface area (Å²) in [4.78, 5) is 12.9.